The molecule has 0 aromatic heterocycles. The first kappa shape index (κ1) is 12.8. The summed E-state index contributed by atoms with van der Waals surface area (Å²) in [6.45, 7) is 5.31. The van der Waals surface area contributed by atoms with Gasteiger partial charge in [-0.25, -0.2) is 0 Å². The van der Waals surface area contributed by atoms with Crippen molar-refractivity contribution in [3.63, 3.8) is 0 Å². The molecule has 0 radical (unpaired) electrons. The van der Waals surface area contributed by atoms with Gasteiger partial charge in [-0.15, -0.1) is 0 Å². The van der Waals surface area contributed by atoms with E-state index < -0.39 is 11.7 Å². The zero-order chi connectivity index (χ0) is 11.4. The molecule has 1 rings (SSSR count). The molecule has 0 fully saturated rings. The highest BCUT2D eigenvalue weighted by atomic mass is 19.4. The molecule has 1 N–H and O–H groups in total. The second kappa shape index (κ2) is 4.88. The van der Waals surface area contributed by atoms with Crippen LogP contribution in [-0.2, 0) is 6.18 Å². The molecule has 0 heterocycles. The van der Waals surface area contributed by atoms with E-state index in [0.29, 0.717) is 0 Å². The van der Waals surface area contributed by atoms with Gasteiger partial charge in [0.25, 0.3) is 0 Å². The van der Waals surface area contributed by atoms with Crippen LogP contribution in [0.15, 0.2) is 18.2 Å². The lowest BCUT2D eigenvalue weighted by atomic mass is 10.1. The summed E-state index contributed by atoms with van der Waals surface area (Å²) in [6, 6.07) is 2.98. The van der Waals surface area contributed by atoms with Gasteiger partial charge < -0.3 is 5.11 Å². The minimum atomic E-state index is -4.34. The molecular formula is C10H13F3O. The van der Waals surface area contributed by atoms with Gasteiger partial charge in [0.15, 0.2) is 0 Å². The Morgan fingerprint density at radius 2 is 1.64 bits per heavy atom. The largest absolute Gasteiger partial charge is 0.508 e. The van der Waals surface area contributed by atoms with Crippen LogP contribution >= 0.6 is 0 Å². The van der Waals surface area contributed by atoms with Crippen molar-refractivity contribution in [3.8, 4) is 5.75 Å². The predicted octanol–water partition coefficient (Wildman–Crippen LogP) is 3.75. The van der Waals surface area contributed by atoms with Crippen LogP contribution in [0.5, 0.6) is 5.75 Å². The van der Waals surface area contributed by atoms with Gasteiger partial charge in [-0.2, -0.15) is 13.2 Å². The number of benzene rings is 1. The Balaban J connectivity index is 0.000000791. The van der Waals surface area contributed by atoms with Crippen molar-refractivity contribution in [2.45, 2.75) is 26.9 Å². The van der Waals surface area contributed by atoms with Gasteiger partial charge in [0, 0.05) is 0 Å². The van der Waals surface area contributed by atoms with Gasteiger partial charge in [-0.05, 0) is 30.7 Å². The molecule has 0 atom stereocenters. The number of alkyl halides is 3. The molecular weight excluding hydrogens is 193 g/mol. The van der Waals surface area contributed by atoms with Gasteiger partial charge in [0.2, 0.25) is 0 Å². The van der Waals surface area contributed by atoms with Gasteiger partial charge in [-0.3, -0.25) is 0 Å². The Labute approximate surface area is 81.2 Å². The number of phenolic OH excluding ortho intramolecular Hbond substituents is 1. The molecule has 80 valence electrons. The molecule has 1 aromatic rings. The van der Waals surface area contributed by atoms with Gasteiger partial charge in [0.1, 0.15) is 5.75 Å². The molecule has 14 heavy (non-hydrogen) atoms. The van der Waals surface area contributed by atoms with Crippen LogP contribution in [0.3, 0.4) is 0 Å². The van der Waals surface area contributed by atoms with Crippen LogP contribution in [0.4, 0.5) is 13.2 Å². The molecule has 0 aliphatic rings. The molecule has 0 amide bonds. The second-order valence-corrected chi connectivity index (χ2v) is 2.50. The lowest BCUT2D eigenvalue weighted by Crippen LogP contribution is -2.06. The van der Waals surface area contributed by atoms with Crippen molar-refractivity contribution in [3.05, 3.63) is 29.3 Å². The van der Waals surface area contributed by atoms with Crippen molar-refractivity contribution >= 4 is 0 Å². The third kappa shape index (κ3) is 3.28. The van der Waals surface area contributed by atoms with Crippen molar-refractivity contribution in [2.24, 2.45) is 0 Å². The average molecular weight is 206 g/mol. The third-order valence-corrected chi connectivity index (χ3v) is 1.52. The maximum absolute atomic E-state index is 12.1. The van der Waals surface area contributed by atoms with Gasteiger partial charge >= 0.3 is 6.18 Å². The molecule has 0 aliphatic carbocycles. The Hall–Kier alpha value is -1.19. The van der Waals surface area contributed by atoms with Crippen LogP contribution in [0.1, 0.15) is 25.0 Å². The quantitative estimate of drug-likeness (QED) is 0.685. The van der Waals surface area contributed by atoms with Crippen LogP contribution in [0.25, 0.3) is 0 Å². The summed E-state index contributed by atoms with van der Waals surface area (Å²) < 4.78 is 36.3. The molecule has 0 bridgehead atoms. The van der Waals surface area contributed by atoms with Crippen molar-refractivity contribution in [1.82, 2.24) is 0 Å². The van der Waals surface area contributed by atoms with Crippen LogP contribution in [0, 0.1) is 6.92 Å². The van der Waals surface area contributed by atoms with Crippen molar-refractivity contribution in [2.75, 3.05) is 0 Å². The number of aromatic hydroxyl groups is 1. The normalized spacial score (nSPS) is 10.4. The minimum Gasteiger partial charge on any atom is -0.508 e. The standard InChI is InChI=1S/C8H7F3O.C2H6/c1-5-4-6(12)2-3-7(5)8(9,10)11;1-2/h2-4,12H,1H3;1-2H3. The van der Waals surface area contributed by atoms with E-state index >= 15 is 0 Å². The zero-order valence-electron chi connectivity index (χ0n) is 8.31. The maximum atomic E-state index is 12.1. The Bertz CT molecular complexity index is 292. The van der Waals surface area contributed by atoms with Crippen molar-refractivity contribution in [1.29, 1.82) is 0 Å². The predicted molar refractivity (Wildman–Crippen MR) is 49.2 cm³/mol. The number of aryl methyl sites for hydroxylation is 1. The number of phenols is 1. The fourth-order valence-corrected chi connectivity index (χ4v) is 0.966. The SMILES string of the molecule is CC.Cc1cc(O)ccc1C(F)(F)F. The van der Waals surface area contributed by atoms with E-state index in [4.69, 9.17) is 5.11 Å². The molecule has 1 nitrogen and oxygen atoms in total. The lowest BCUT2D eigenvalue weighted by Gasteiger charge is -2.09. The first-order valence-electron chi connectivity index (χ1n) is 4.28. The third-order valence-electron chi connectivity index (χ3n) is 1.52. The fourth-order valence-electron chi connectivity index (χ4n) is 0.966. The summed E-state index contributed by atoms with van der Waals surface area (Å²) in [5.74, 6) is -0.152. The van der Waals surface area contributed by atoms with Crippen molar-refractivity contribution < 1.29 is 18.3 Å². The highest BCUT2D eigenvalue weighted by molar-refractivity contribution is 5.35. The summed E-state index contributed by atoms with van der Waals surface area (Å²) in [7, 11) is 0. The first-order valence-corrected chi connectivity index (χ1v) is 4.28. The van der Waals surface area contributed by atoms with Crippen LogP contribution in [-0.4, -0.2) is 5.11 Å². The minimum absolute atomic E-state index is 0.0301. The lowest BCUT2D eigenvalue weighted by molar-refractivity contribution is -0.138. The first-order chi connectivity index (χ1) is 6.41. The smallest absolute Gasteiger partial charge is 0.416 e. The maximum Gasteiger partial charge on any atom is 0.416 e. The summed E-state index contributed by atoms with van der Waals surface area (Å²) in [5.41, 5.74) is -0.678. The van der Waals surface area contributed by atoms with E-state index in [-0.39, 0.29) is 11.3 Å². The average Bonchev–Trinajstić information content (AvgIpc) is 2.05. The van der Waals surface area contributed by atoms with Gasteiger partial charge in [0.05, 0.1) is 5.56 Å². The van der Waals surface area contributed by atoms with Gasteiger partial charge in [-0.1, -0.05) is 13.8 Å². The van der Waals surface area contributed by atoms with Crippen LogP contribution in [0.2, 0.25) is 0 Å². The Kier molecular flexibility index (Phi) is 4.47. The van der Waals surface area contributed by atoms with E-state index in [2.05, 4.69) is 0 Å². The van der Waals surface area contributed by atoms with E-state index in [1.54, 1.807) is 0 Å². The number of hydrogen-bond acceptors (Lipinski definition) is 1. The van der Waals surface area contributed by atoms with E-state index in [1.807, 2.05) is 13.8 Å². The van der Waals surface area contributed by atoms with Crippen LogP contribution < -0.4 is 0 Å². The monoisotopic (exact) mass is 206 g/mol. The molecule has 0 saturated heterocycles. The summed E-state index contributed by atoms with van der Waals surface area (Å²) >= 11 is 0. The summed E-state index contributed by atoms with van der Waals surface area (Å²) in [6.07, 6.45) is -4.34. The molecule has 0 unspecified atom stereocenters. The van der Waals surface area contributed by atoms with E-state index in [1.165, 1.54) is 6.92 Å². The number of rotatable bonds is 0. The highest BCUT2D eigenvalue weighted by Gasteiger charge is 2.31. The second-order valence-electron chi connectivity index (χ2n) is 2.50. The summed E-state index contributed by atoms with van der Waals surface area (Å²) in [5, 5.41) is 8.84. The number of halogens is 3. The fraction of sp³-hybridized carbons (Fsp3) is 0.400. The zero-order valence-corrected chi connectivity index (χ0v) is 8.31. The topological polar surface area (TPSA) is 20.2 Å². The highest BCUT2D eigenvalue weighted by Crippen LogP contribution is 2.32. The Morgan fingerprint density at radius 1 is 1.14 bits per heavy atom. The van der Waals surface area contributed by atoms with E-state index in [9.17, 15) is 13.2 Å². The molecule has 0 aliphatic heterocycles. The Morgan fingerprint density at radius 3 is 2.00 bits per heavy atom. The molecule has 4 heteroatoms. The molecule has 0 saturated carbocycles. The summed E-state index contributed by atoms with van der Waals surface area (Å²) in [4.78, 5) is 0. The number of hydrogen-bond donors (Lipinski definition) is 1. The molecule has 0 spiro atoms. The van der Waals surface area contributed by atoms with E-state index in [0.717, 1.165) is 18.2 Å². The molecule has 1 aromatic carbocycles.